The van der Waals surface area contributed by atoms with Crippen molar-refractivity contribution >= 4 is 22.4 Å². The second-order valence-corrected chi connectivity index (χ2v) is 6.68. The van der Waals surface area contributed by atoms with Gasteiger partial charge >= 0.3 is 0 Å². The molecule has 1 unspecified atom stereocenters. The maximum atomic E-state index is 10.9. The first-order valence-electron chi connectivity index (χ1n) is 7.41. The Kier molecular flexibility index (Phi) is 3.94. The Bertz CT molecular complexity index is 807. The van der Waals surface area contributed by atoms with Gasteiger partial charge < -0.3 is 5.11 Å². The molecule has 22 heavy (non-hydrogen) atoms. The van der Waals surface area contributed by atoms with Crippen LogP contribution in [0.3, 0.4) is 0 Å². The lowest BCUT2D eigenvalue weighted by atomic mass is 9.76. The molecule has 3 rings (SSSR count). The number of benzene rings is 3. The molecule has 3 aromatic rings. The Morgan fingerprint density at radius 3 is 2.32 bits per heavy atom. The lowest BCUT2D eigenvalue weighted by Crippen LogP contribution is -2.26. The van der Waals surface area contributed by atoms with Crippen molar-refractivity contribution in [2.24, 2.45) is 0 Å². The van der Waals surface area contributed by atoms with Crippen LogP contribution in [0.25, 0.3) is 10.8 Å². The van der Waals surface area contributed by atoms with Crippen LogP contribution in [0.1, 0.15) is 31.1 Å². The van der Waals surface area contributed by atoms with Crippen LogP contribution in [0.15, 0.2) is 66.7 Å². The summed E-state index contributed by atoms with van der Waals surface area (Å²) in [5.74, 6) is 0. The summed E-state index contributed by atoms with van der Waals surface area (Å²) in [6.07, 6.45) is -0.601. The van der Waals surface area contributed by atoms with Crippen molar-refractivity contribution in [2.75, 3.05) is 0 Å². The molecule has 0 aliphatic rings. The summed E-state index contributed by atoms with van der Waals surface area (Å²) in [7, 11) is 0. The predicted molar refractivity (Wildman–Crippen MR) is 93.4 cm³/mol. The Hall–Kier alpha value is -1.83. The molecule has 1 atom stereocenters. The van der Waals surface area contributed by atoms with E-state index in [0.717, 1.165) is 16.5 Å². The van der Waals surface area contributed by atoms with Gasteiger partial charge in [-0.2, -0.15) is 0 Å². The molecular weight excluding hydrogens is 292 g/mol. The SMILES string of the molecule is CC(C)(c1cccc(Cl)c1)C(O)c1ccc2ccccc2c1. The second-order valence-electron chi connectivity index (χ2n) is 6.24. The monoisotopic (exact) mass is 310 g/mol. The zero-order chi connectivity index (χ0) is 15.7. The summed E-state index contributed by atoms with van der Waals surface area (Å²) in [5, 5.41) is 13.9. The van der Waals surface area contributed by atoms with Crippen LogP contribution >= 0.6 is 11.6 Å². The average Bonchev–Trinajstić information content (AvgIpc) is 2.53. The number of halogens is 1. The Balaban J connectivity index is 2.01. The molecule has 0 aromatic heterocycles. The van der Waals surface area contributed by atoms with E-state index in [-0.39, 0.29) is 0 Å². The van der Waals surface area contributed by atoms with Crippen molar-refractivity contribution in [1.82, 2.24) is 0 Å². The van der Waals surface area contributed by atoms with Gasteiger partial charge in [-0.3, -0.25) is 0 Å². The third-order valence-corrected chi connectivity index (χ3v) is 4.58. The largest absolute Gasteiger partial charge is 0.388 e. The Labute approximate surface area is 136 Å². The van der Waals surface area contributed by atoms with Gasteiger partial charge in [0.25, 0.3) is 0 Å². The van der Waals surface area contributed by atoms with E-state index < -0.39 is 11.5 Å². The van der Waals surface area contributed by atoms with Crippen molar-refractivity contribution in [3.8, 4) is 0 Å². The lowest BCUT2D eigenvalue weighted by Gasteiger charge is -2.32. The highest BCUT2D eigenvalue weighted by Gasteiger charge is 2.31. The van der Waals surface area contributed by atoms with E-state index in [9.17, 15) is 5.11 Å². The van der Waals surface area contributed by atoms with Crippen molar-refractivity contribution < 1.29 is 5.11 Å². The minimum absolute atomic E-state index is 0.423. The highest BCUT2D eigenvalue weighted by molar-refractivity contribution is 6.30. The molecule has 0 heterocycles. The first-order valence-corrected chi connectivity index (χ1v) is 7.79. The molecule has 0 fully saturated rings. The molecule has 0 spiro atoms. The maximum absolute atomic E-state index is 10.9. The lowest BCUT2D eigenvalue weighted by molar-refractivity contribution is 0.100. The number of rotatable bonds is 3. The average molecular weight is 311 g/mol. The summed E-state index contributed by atoms with van der Waals surface area (Å²) in [5.41, 5.74) is 1.53. The van der Waals surface area contributed by atoms with Gasteiger partial charge in [-0.05, 0) is 40.1 Å². The molecule has 1 N–H and O–H groups in total. The summed E-state index contributed by atoms with van der Waals surface area (Å²) >= 11 is 6.10. The summed E-state index contributed by atoms with van der Waals surface area (Å²) < 4.78 is 0. The van der Waals surface area contributed by atoms with Crippen LogP contribution < -0.4 is 0 Å². The van der Waals surface area contributed by atoms with E-state index in [4.69, 9.17) is 11.6 Å². The van der Waals surface area contributed by atoms with Crippen LogP contribution in [0.2, 0.25) is 5.02 Å². The third-order valence-electron chi connectivity index (χ3n) is 4.34. The molecule has 1 nitrogen and oxygen atoms in total. The number of fused-ring (bicyclic) bond motifs is 1. The van der Waals surface area contributed by atoms with Gasteiger partial charge in [0.15, 0.2) is 0 Å². The Morgan fingerprint density at radius 2 is 1.59 bits per heavy atom. The van der Waals surface area contributed by atoms with Gasteiger partial charge in [0, 0.05) is 10.4 Å². The molecule has 3 aromatic carbocycles. The summed E-state index contributed by atoms with van der Waals surface area (Å²) in [6.45, 7) is 4.08. The minimum atomic E-state index is -0.601. The smallest absolute Gasteiger partial charge is 0.0881 e. The Morgan fingerprint density at radius 1 is 0.864 bits per heavy atom. The summed E-state index contributed by atoms with van der Waals surface area (Å²) in [4.78, 5) is 0. The van der Waals surface area contributed by atoms with Crippen molar-refractivity contribution in [3.63, 3.8) is 0 Å². The fourth-order valence-electron chi connectivity index (χ4n) is 2.84. The first kappa shape index (κ1) is 15.1. The van der Waals surface area contributed by atoms with Crippen molar-refractivity contribution in [3.05, 3.63) is 82.9 Å². The molecule has 0 amide bonds. The molecule has 0 radical (unpaired) electrons. The third kappa shape index (κ3) is 2.75. The van der Waals surface area contributed by atoms with E-state index in [2.05, 4.69) is 24.3 Å². The zero-order valence-corrected chi connectivity index (χ0v) is 13.5. The molecule has 2 heteroatoms. The van der Waals surface area contributed by atoms with Gasteiger partial charge in [-0.1, -0.05) is 74.0 Å². The van der Waals surface area contributed by atoms with E-state index in [1.807, 2.05) is 56.3 Å². The van der Waals surface area contributed by atoms with E-state index in [1.165, 1.54) is 5.39 Å². The molecular formula is C20H19ClO. The van der Waals surface area contributed by atoms with Crippen LogP contribution in [-0.4, -0.2) is 5.11 Å². The normalized spacial score (nSPS) is 13.3. The van der Waals surface area contributed by atoms with Crippen LogP contribution in [-0.2, 0) is 5.41 Å². The van der Waals surface area contributed by atoms with Crippen LogP contribution in [0.4, 0.5) is 0 Å². The minimum Gasteiger partial charge on any atom is -0.388 e. The topological polar surface area (TPSA) is 20.2 Å². The van der Waals surface area contributed by atoms with Crippen LogP contribution in [0, 0.1) is 0 Å². The molecule has 112 valence electrons. The second kappa shape index (κ2) is 5.75. The van der Waals surface area contributed by atoms with Gasteiger partial charge in [-0.15, -0.1) is 0 Å². The molecule has 0 aliphatic heterocycles. The van der Waals surface area contributed by atoms with Crippen LogP contribution in [0.5, 0.6) is 0 Å². The fourth-order valence-corrected chi connectivity index (χ4v) is 3.03. The molecule has 0 saturated carbocycles. The van der Waals surface area contributed by atoms with E-state index in [0.29, 0.717) is 5.02 Å². The van der Waals surface area contributed by atoms with Crippen molar-refractivity contribution in [1.29, 1.82) is 0 Å². The number of aliphatic hydroxyl groups excluding tert-OH is 1. The quantitative estimate of drug-likeness (QED) is 0.677. The van der Waals surface area contributed by atoms with Gasteiger partial charge in [0.05, 0.1) is 6.10 Å². The predicted octanol–water partition coefficient (Wildman–Crippen LogP) is 5.50. The number of hydrogen-bond acceptors (Lipinski definition) is 1. The maximum Gasteiger partial charge on any atom is 0.0881 e. The summed E-state index contributed by atoms with van der Waals surface area (Å²) in [6, 6.07) is 22.0. The molecule has 0 saturated heterocycles. The standard InChI is InChI=1S/C20H19ClO/c1-20(2,17-8-5-9-18(21)13-17)19(22)16-11-10-14-6-3-4-7-15(14)12-16/h3-13,19,22H,1-2H3. The number of hydrogen-bond donors (Lipinski definition) is 1. The van der Waals surface area contributed by atoms with E-state index >= 15 is 0 Å². The number of aliphatic hydroxyl groups is 1. The van der Waals surface area contributed by atoms with Gasteiger partial charge in [0.1, 0.15) is 0 Å². The van der Waals surface area contributed by atoms with E-state index in [1.54, 1.807) is 0 Å². The zero-order valence-electron chi connectivity index (χ0n) is 12.8. The molecule has 0 bridgehead atoms. The molecule has 0 aliphatic carbocycles. The highest BCUT2D eigenvalue weighted by Crippen LogP contribution is 2.38. The van der Waals surface area contributed by atoms with Gasteiger partial charge in [0.2, 0.25) is 0 Å². The first-order chi connectivity index (χ1) is 10.5. The van der Waals surface area contributed by atoms with Crippen molar-refractivity contribution in [2.45, 2.75) is 25.4 Å². The fraction of sp³-hybridized carbons (Fsp3) is 0.200. The highest BCUT2D eigenvalue weighted by atomic mass is 35.5. The van der Waals surface area contributed by atoms with Gasteiger partial charge in [-0.25, -0.2) is 0 Å².